The maximum Gasteiger partial charge on any atom is 0.236 e. The Morgan fingerprint density at radius 2 is 2.38 bits per heavy atom. The number of hydrogen-bond donors (Lipinski definition) is 0. The number of halogens is 1. The number of hydrogen-bond acceptors (Lipinski definition) is 1. The van der Waals surface area contributed by atoms with E-state index in [9.17, 15) is 4.79 Å². The molecule has 1 fully saturated rings. The van der Waals surface area contributed by atoms with Gasteiger partial charge in [-0.25, -0.2) is 0 Å². The van der Waals surface area contributed by atoms with E-state index in [0.717, 1.165) is 25.9 Å². The fraction of sp³-hybridized carbons (Fsp3) is 0.900. The maximum atomic E-state index is 11.8. The molecule has 0 aliphatic carbocycles. The van der Waals surface area contributed by atoms with Crippen LogP contribution in [0.5, 0.6) is 0 Å². The normalized spacial score (nSPS) is 25.8. The molecule has 1 amide bonds. The van der Waals surface area contributed by atoms with E-state index in [1.165, 1.54) is 6.42 Å². The quantitative estimate of drug-likeness (QED) is 0.687. The lowest BCUT2D eigenvalue weighted by molar-refractivity contribution is -0.132. The zero-order chi connectivity index (χ0) is 9.84. The van der Waals surface area contributed by atoms with Crippen molar-refractivity contribution in [1.29, 1.82) is 0 Å². The molecule has 2 nitrogen and oxygen atoms in total. The molecule has 0 aromatic carbocycles. The Bertz CT molecular complexity index is 184. The number of carbonyl (C=O) groups is 1. The van der Waals surface area contributed by atoms with Crippen LogP contribution in [-0.4, -0.2) is 28.7 Å². The molecule has 0 unspecified atom stereocenters. The monoisotopic (exact) mass is 247 g/mol. The van der Waals surface area contributed by atoms with Gasteiger partial charge in [-0.1, -0.05) is 29.8 Å². The minimum atomic E-state index is 0.0257. The van der Waals surface area contributed by atoms with Gasteiger partial charge in [-0.15, -0.1) is 0 Å². The van der Waals surface area contributed by atoms with E-state index < -0.39 is 0 Å². The number of piperidine rings is 1. The third kappa shape index (κ3) is 2.97. The van der Waals surface area contributed by atoms with Crippen LogP contribution in [0.15, 0.2) is 0 Å². The van der Waals surface area contributed by atoms with Gasteiger partial charge in [0, 0.05) is 13.1 Å². The van der Waals surface area contributed by atoms with Crippen molar-refractivity contribution < 1.29 is 4.79 Å². The molecule has 1 aliphatic rings. The zero-order valence-electron chi connectivity index (χ0n) is 8.42. The fourth-order valence-electron chi connectivity index (χ4n) is 1.76. The van der Waals surface area contributed by atoms with Crippen LogP contribution in [0.4, 0.5) is 0 Å². The molecule has 0 aromatic rings. The molecule has 0 aromatic heterocycles. The van der Waals surface area contributed by atoms with Gasteiger partial charge in [0.05, 0.1) is 4.83 Å². The van der Waals surface area contributed by atoms with Gasteiger partial charge in [-0.2, -0.15) is 0 Å². The summed E-state index contributed by atoms with van der Waals surface area (Å²) in [7, 11) is 0. The molecule has 0 saturated carbocycles. The van der Waals surface area contributed by atoms with Gasteiger partial charge < -0.3 is 4.90 Å². The fourth-order valence-corrected chi connectivity index (χ4v) is 2.05. The van der Waals surface area contributed by atoms with Crippen LogP contribution in [-0.2, 0) is 4.79 Å². The second kappa shape index (κ2) is 4.99. The first-order chi connectivity index (χ1) is 6.15. The molecule has 13 heavy (non-hydrogen) atoms. The summed E-state index contributed by atoms with van der Waals surface area (Å²) in [5.74, 6) is 0.948. The van der Waals surface area contributed by atoms with Gasteiger partial charge in [0.15, 0.2) is 0 Å². The highest BCUT2D eigenvalue weighted by Crippen LogP contribution is 2.18. The van der Waals surface area contributed by atoms with E-state index in [2.05, 4.69) is 22.9 Å². The summed E-state index contributed by atoms with van der Waals surface area (Å²) in [5, 5.41) is 0. The second-order valence-corrected chi connectivity index (χ2v) is 5.01. The smallest absolute Gasteiger partial charge is 0.236 e. The third-order valence-electron chi connectivity index (χ3n) is 2.60. The molecule has 0 spiro atoms. The first-order valence-corrected chi connectivity index (χ1v) is 5.99. The molecule has 0 radical (unpaired) electrons. The second-order valence-electron chi connectivity index (χ2n) is 3.91. The Morgan fingerprint density at radius 3 is 2.92 bits per heavy atom. The van der Waals surface area contributed by atoms with Crippen LogP contribution < -0.4 is 0 Å². The SMILES string of the molecule is CC[C@H](Br)C(=O)N1CCC[C@@H](C)C1. The molecular weight excluding hydrogens is 230 g/mol. The first kappa shape index (κ1) is 11.0. The van der Waals surface area contributed by atoms with Gasteiger partial charge in [-0.05, 0) is 25.2 Å². The van der Waals surface area contributed by atoms with E-state index in [1.807, 2.05) is 11.8 Å². The van der Waals surface area contributed by atoms with Crippen LogP contribution in [0.3, 0.4) is 0 Å². The molecule has 1 aliphatic heterocycles. The third-order valence-corrected chi connectivity index (χ3v) is 3.63. The first-order valence-electron chi connectivity index (χ1n) is 5.08. The van der Waals surface area contributed by atoms with Crippen molar-refractivity contribution in [3.05, 3.63) is 0 Å². The number of nitrogens with zero attached hydrogens (tertiary/aromatic N) is 1. The van der Waals surface area contributed by atoms with E-state index in [1.54, 1.807) is 0 Å². The highest BCUT2D eigenvalue weighted by molar-refractivity contribution is 9.10. The Morgan fingerprint density at radius 1 is 1.69 bits per heavy atom. The molecule has 0 bridgehead atoms. The largest absolute Gasteiger partial charge is 0.341 e. The van der Waals surface area contributed by atoms with Crippen LogP contribution in [0.1, 0.15) is 33.1 Å². The van der Waals surface area contributed by atoms with Gasteiger partial charge >= 0.3 is 0 Å². The van der Waals surface area contributed by atoms with E-state index in [0.29, 0.717) is 5.92 Å². The number of alkyl halides is 1. The van der Waals surface area contributed by atoms with E-state index >= 15 is 0 Å². The van der Waals surface area contributed by atoms with Crippen LogP contribution in [0, 0.1) is 5.92 Å². The molecule has 2 atom stereocenters. The molecule has 76 valence electrons. The summed E-state index contributed by atoms with van der Waals surface area (Å²) in [5.41, 5.74) is 0. The average Bonchev–Trinajstić information content (AvgIpc) is 2.15. The van der Waals surface area contributed by atoms with Gasteiger partial charge in [-0.3, -0.25) is 4.79 Å². The van der Waals surface area contributed by atoms with Gasteiger partial charge in [0.1, 0.15) is 0 Å². The summed E-state index contributed by atoms with van der Waals surface area (Å²) < 4.78 is 0. The van der Waals surface area contributed by atoms with Crippen LogP contribution >= 0.6 is 15.9 Å². The van der Waals surface area contributed by atoms with Crippen molar-refractivity contribution in [3.63, 3.8) is 0 Å². The van der Waals surface area contributed by atoms with Gasteiger partial charge in [0.25, 0.3) is 0 Å². The minimum Gasteiger partial charge on any atom is -0.341 e. The van der Waals surface area contributed by atoms with Crippen molar-refractivity contribution in [2.75, 3.05) is 13.1 Å². The Labute approximate surface area is 88.8 Å². The predicted octanol–water partition coefficient (Wildman–Crippen LogP) is 2.42. The van der Waals surface area contributed by atoms with Crippen molar-refractivity contribution in [1.82, 2.24) is 4.90 Å². The van der Waals surface area contributed by atoms with Crippen molar-refractivity contribution in [3.8, 4) is 0 Å². The predicted molar refractivity (Wildman–Crippen MR) is 58.0 cm³/mol. The topological polar surface area (TPSA) is 20.3 Å². The molecular formula is C10H18BrNO. The number of rotatable bonds is 2. The van der Waals surface area contributed by atoms with E-state index in [-0.39, 0.29) is 10.7 Å². The van der Waals surface area contributed by atoms with Crippen molar-refractivity contribution in [2.45, 2.75) is 37.9 Å². The molecule has 1 rings (SSSR count). The molecule has 3 heteroatoms. The Hall–Kier alpha value is -0.0500. The standard InChI is InChI=1S/C10H18BrNO/c1-3-9(11)10(13)12-6-4-5-8(2)7-12/h8-9H,3-7H2,1-2H3/t8-,9+/m1/s1. The lowest BCUT2D eigenvalue weighted by atomic mass is 10.00. The summed E-state index contributed by atoms with van der Waals surface area (Å²) >= 11 is 3.41. The minimum absolute atomic E-state index is 0.0257. The summed E-state index contributed by atoms with van der Waals surface area (Å²) in [6.45, 7) is 6.14. The number of carbonyl (C=O) groups excluding carboxylic acids is 1. The van der Waals surface area contributed by atoms with Crippen LogP contribution in [0.25, 0.3) is 0 Å². The molecule has 1 heterocycles. The lowest BCUT2D eigenvalue weighted by Crippen LogP contribution is -2.42. The lowest BCUT2D eigenvalue weighted by Gasteiger charge is -2.32. The highest BCUT2D eigenvalue weighted by Gasteiger charge is 2.24. The van der Waals surface area contributed by atoms with Crippen molar-refractivity contribution in [2.24, 2.45) is 5.92 Å². The molecule has 1 saturated heterocycles. The number of amides is 1. The Balaban J connectivity index is 2.46. The van der Waals surface area contributed by atoms with Gasteiger partial charge in [0.2, 0.25) is 5.91 Å². The maximum absolute atomic E-state index is 11.8. The summed E-state index contributed by atoms with van der Waals surface area (Å²) in [4.78, 5) is 13.8. The highest BCUT2D eigenvalue weighted by atomic mass is 79.9. The van der Waals surface area contributed by atoms with E-state index in [4.69, 9.17) is 0 Å². The van der Waals surface area contributed by atoms with Crippen molar-refractivity contribution >= 4 is 21.8 Å². The molecule has 0 N–H and O–H groups in total. The summed E-state index contributed by atoms with van der Waals surface area (Å²) in [6, 6.07) is 0. The Kier molecular flexibility index (Phi) is 4.23. The zero-order valence-corrected chi connectivity index (χ0v) is 10.0. The number of likely N-dealkylation sites (tertiary alicyclic amines) is 1. The average molecular weight is 248 g/mol. The van der Waals surface area contributed by atoms with Crippen LogP contribution in [0.2, 0.25) is 0 Å². The summed E-state index contributed by atoms with van der Waals surface area (Å²) in [6.07, 6.45) is 3.31.